The first-order chi connectivity index (χ1) is 17.9. The van der Waals surface area contributed by atoms with Gasteiger partial charge in [0.25, 0.3) is 5.91 Å². The van der Waals surface area contributed by atoms with Gasteiger partial charge in [0.2, 0.25) is 0 Å². The van der Waals surface area contributed by atoms with Gasteiger partial charge >= 0.3 is 0 Å². The third-order valence-corrected chi connectivity index (χ3v) is 6.64. The van der Waals surface area contributed by atoms with Crippen molar-refractivity contribution in [1.82, 2.24) is 14.9 Å². The second kappa shape index (κ2) is 10.9. The maximum Gasteiger partial charge on any atom is 0.274 e. The highest BCUT2D eigenvalue weighted by Crippen LogP contribution is 2.27. The largest absolute Gasteiger partial charge is 0.508 e. The van der Waals surface area contributed by atoms with Gasteiger partial charge in [-0.25, -0.2) is 0 Å². The van der Waals surface area contributed by atoms with Crippen molar-refractivity contribution in [3.8, 4) is 28.0 Å². The van der Waals surface area contributed by atoms with Crippen LogP contribution in [-0.2, 0) is 6.54 Å². The molecule has 3 heterocycles. The monoisotopic (exact) mass is 493 g/mol. The number of aromatic nitrogens is 2. The molecule has 188 valence electrons. The van der Waals surface area contributed by atoms with Gasteiger partial charge in [-0.05, 0) is 97.1 Å². The number of benzene rings is 2. The molecule has 0 aliphatic carbocycles. The Balaban J connectivity index is 1.42. The summed E-state index contributed by atoms with van der Waals surface area (Å²) in [6.07, 6.45) is 5.63. The number of anilines is 1. The number of hydrogen-bond donors (Lipinski definition) is 3. The van der Waals surface area contributed by atoms with Gasteiger partial charge in [-0.15, -0.1) is 0 Å². The van der Waals surface area contributed by atoms with Crippen LogP contribution < -0.4 is 11.1 Å². The number of phenols is 1. The SMILES string of the molecule is Cc1ccc(-c2cc(CN3CCC[C@H](N)C3)cc(NC(=O)c3cc(-c4ccc(O)cc4)ccn3)c2)cn1. The van der Waals surface area contributed by atoms with E-state index in [1.54, 1.807) is 24.4 Å². The van der Waals surface area contributed by atoms with Gasteiger partial charge < -0.3 is 16.2 Å². The number of nitrogens with one attached hydrogen (secondary N) is 1. The summed E-state index contributed by atoms with van der Waals surface area (Å²) >= 11 is 0. The number of carbonyl (C=O) groups is 1. The minimum Gasteiger partial charge on any atom is -0.508 e. The average molecular weight is 494 g/mol. The molecule has 1 atom stereocenters. The Morgan fingerprint density at radius 1 is 1.00 bits per heavy atom. The summed E-state index contributed by atoms with van der Waals surface area (Å²) in [7, 11) is 0. The fraction of sp³-hybridized carbons (Fsp3) is 0.233. The molecule has 1 fully saturated rings. The highest BCUT2D eigenvalue weighted by Gasteiger charge is 2.18. The van der Waals surface area contributed by atoms with Gasteiger partial charge in [0.15, 0.2) is 0 Å². The van der Waals surface area contributed by atoms with E-state index in [2.05, 4.69) is 26.3 Å². The zero-order valence-electron chi connectivity index (χ0n) is 20.9. The molecule has 4 aromatic rings. The lowest BCUT2D eigenvalue weighted by Gasteiger charge is -2.30. The Bertz CT molecular complexity index is 1390. The van der Waals surface area contributed by atoms with E-state index in [0.717, 1.165) is 66.0 Å². The Hall–Kier alpha value is -4.07. The number of carbonyl (C=O) groups excluding carboxylic acids is 1. The number of likely N-dealkylation sites (tertiary alicyclic amines) is 1. The van der Waals surface area contributed by atoms with E-state index in [-0.39, 0.29) is 17.7 Å². The van der Waals surface area contributed by atoms with Crippen LogP contribution in [0.4, 0.5) is 5.69 Å². The molecule has 4 N–H and O–H groups in total. The Labute approximate surface area is 217 Å². The molecule has 0 unspecified atom stereocenters. The van der Waals surface area contributed by atoms with Crippen molar-refractivity contribution in [1.29, 1.82) is 0 Å². The number of rotatable bonds is 6. The number of aryl methyl sites for hydroxylation is 1. The lowest BCUT2D eigenvalue weighted by Crippen LogP contribution is -2.42. The fourth-order valence-electron chi connectivity index (χ4n) is 4.74. The Morgan fingerprint density at radius 2 is 1.81 bits per heavy atom. The number of hydrogen-bond acceptors (Lipinski definition) is 6. The molecule has 1 aliphatic rings. The Kier molecular flexibility index (Phi) is 7.25. The van der Waals surface area contributed by atoms with Gasteiger partial charge in [-0.3, -0.25) is 19.7 Å². The summed E-state index contributed by atoms with van der Waals surface area (Å²) in [5, 5.41) is 12.6. The third-order valence-electron chi connectivity index (χ3n) is 6.64. The molecule has 37 heavy (non-hydrogen) atoms. The van der Waals surface area contributed by atoms with E-state index in [1.807, 2.05) is 55.6 Å². The molecule has 0 bridgehead atoms. The van der Waals surface area contributed by atoms with E-state index in [1.165, 1.54) is 0 Å². The molecule has 5 rings (SSSR count). The number of nitrogens with zero attached hydrogens (tertiary/aromatic N) is 3. The van der Waals surface area contributed by atoms with Gasteiger partial charge in [0.1, 0.15) is 11.4 Å². The molecule has 0 spiro atoms. The average Bonchev–Trinajstić information content (AvgIpc) is 2.89. The zero-order valence-corrected chi connectivity index (χ0v) is 20.9. The second-order valence-corrected chi connectivity index (χ2v) is 9.68. The van der Waals surface area contributed by atoms with Gasteiger partial charge in [0, 0.05) is 48.5 Å². The topological polar surface area (TPSA) is 104 Å². The number of aromatic hydroxyl groups is 1. The van der Waals surface area contributed by atoms with Crippen LogP contribution in [0.3, 0.4) is 0 Å². The summed E-state index contributed by atoms with van der Waals surface area (Å²) in [6.45, 7) is 4.61. The van der Waals surface area contributed by atoms with Crippen molar-refractivity contribution in [2.24, 2.45) is 5.73 Å². The first-order valence-electron chi connectivity index (χ1n) is 12.5. The maximum absolute atomic E-state index is 13.2. The molecule has 1 aliphatic heterocycles. The normalized spacial score (nSPS) is 15.9. The minimum atomic E-state index is -0.286. The second-order valence-electron chi connectivity index (χ2n) is 9.68. The predicted molar refractivity (Wildman–Crippen MR) is 146 cm³/mol. The molecule has 0 radical (unpaired) electrons. The molecular formula is C30H31N5O2. The molecule has 2 aromatic carbocycles. The minimum absolute atomic E-state index is 0.196. The van der Waals surface area contributed by atoms with E-state index < -0.39 is 0 Å². The van der Waals surface area contributed by atoms with Gasteiger partial charge in [-0.1, -0.05) is 18.2 Å². The first-order valence-corrected chi connectivity index (χ1v) is 12.5. The quantitative estimate of drug-likeness (QED) is 0.349. The third kappa shape index (κ3) is 6.20. The van der Waals surface area contributed by atoms with Crippen molar-refractivity contribution < 1.29 is 9.90 Å². The molecule has 7 heteroatoms. The standard InChI is InChI=1S/C30H31N5O2/c1-20-4-5-24(17-33-20)25-13-21(18-35-12-2-3-26(31)19-35)14-27(15-25)34-30(37)29-16-23(10-11-32-29)22-6-8-28(36)9-7-22/h4-11,13-17,26,36H,2-3,12,18-19,31H2,1H3,(H,34,37)/t26-/m0/s1. The van der Waals surface area contributed by atoms with Crippen LogP contribution in [-0.4, -0.2) is 45.0 Å². The molecule has 0 saturated carbocycles. The molecular weight excluding hydrogens is 462 g/mol. The van der Waals surface area contributed by atoms with Crippen molar-refractivity contribution >= 4 is 11.6 Å². The molecule has 2 aromatic heterocycles. The summed E-state index contributed by atoms with van der Waals surface area (Å²) < 4.78 is 0. The van der Waals surface area contributed by atoms with Crippen LogP contribution in [0.1, 0.15) is 34.6 Å². The number of amides is 1. The summed E-state index contributed by atoms with van der Waals surface area (Å²) in [4.78, 5) is 24.4. The highest BCUT2D eigenvalue weighted by atomic mass is 16.3. The van der Waals surface area contributed by atoms with Crippen LogP contribution >= 0.6 is 0 Å². The molecule has 1 saturated heterocycles. The smallest absolute Gasteiger partial charge is 0.274 e. The zero-order chi connectivity index (χ0) is 25.8. The number of piperidine rings is 1. The molecule has 7 nitrogen and oxygen atoms in total. The maximum atomic E-state index is 13.2. The van der Waals surface area contributed by atoms with E-state index in [4.69, 9.17) is 5.73 Å². The number of phenolic OH excluding ortho intramolecular Hbond substituents is 1. The predicted octanol–water partition coefficient (Wildman–Crippen LogP) is 5.00. The summed E-state index contributed by atoms with van der Waals surface area (Å²) in [6, 6.07) is 20.8. The van der Waals surface area contributed by atoms with Gasteiger partial charge in [-0.2, -0.15) is 0 Å². The van der Waals surface area contributed by atoms with E-state index in [9.17, 15) is 9.90 Å². The van der Waals surface area contributed by atoms with Crippen molar-refractivity contribution in [2.45, 2.75) is 32.4 Å². The van der Waals surface area contributed by atoms with Gasteiger partial charge in [0.05, 0.1) is 0 Å². The number of nitrogens with two attached hydrogens (primary N) is 1. The Morgan fingerprint density at radius 3 is 2.57 bits per heavy atom. The van der Waals surface area contributed by atoms with Crippen LogP contribution in [0.5, 0.6) is 5.75 Å². The highest BCUT2D eigenvalue weighted by molar-refractivity contribution is 6.03. The summed E-state index contributed by atoms with van der Waals surface area (Å²) in [5.41, 5.74) is 13.0. The summed E-state index contributed by atoms with van der Waals surface area (Å²) in [5.74, 6) is -0.0903. The van der Waals surface area contributed by atoms with Crippen LogP contribution in [0.2, 0.25) is 0 Å². The van der Waals surface area contributed by atoms with Crippen molar-refractivity contribution in [3.63, 3.8) is 0 Å². The van der Waals surface area contributed by atoms with E-state index in [0.29, 0.717) is 11.4 Å². The van der Waals surface area contributed by atoms with Crippen molar-refractivity contribution in [2.75, 3.05) is 18.4 Å². The number of pyridine rings is 2. The van der Waals surface area contributed by atoms with E-state index >= 15 is 0 Å². The molecule has 1 amide bonds. The first kappa shape index (κ1) is 24.6. The lowest BCUT2D eigenvalue weighted by molar-refractivity contribution is 0.102. The van der Waals surface area contributed by atoms with Crippen LogP contribution in [0, 0.1) is 6.92 Å². The fourth-order valence-corrected chi connectivity index (χ4v) is 4.74. The van der Waals surface area contributed by atoms with Crippen LogP contribution in [0.25, 0.3) is 22.3 Å². The van der Waals surface area contributed by atoms with Crippen LogP contribution in [0.15, 0.2) is 79.1 Å². The lowest BCUT2D eigenvalue weighted by atomic mass is 10.0. The van der Waals surface area contributed by atoms with Crippen molar-refractivity contribution in [3.05, 3.63) is 96.1 Å².